The summed E-state index contributed by atoms with van der Waals surface area (Å²) in [6.07, 6.45) is -0.164. The fourth-order valence-corrected chi connectivity index (χ4v) is 6.06. The molecule has 4 heterocycles. The lowest BCUT2D eigenvalue weighted by atomic mass is 9.76. The highest BCUT2D eigenvalue weighted by Gasteiger charge is 2.74. The van der Waals surface area contributed by atoms with Gasteiger partial charge in [-0.05, 0) is 43.2 Å². The number of carboxylic acid groups (broad SMARTS) is 1. The van der Waals surface area contributed by atoms with Gasteiger partial charge in [0.25, 0.3) is 5.91 Å². The number of hydrogen-bond acceptors (Lipinski definition) is 7. The Morgan fingerprint density at radius 1 is 1.14 bits per heavy atom. The van der Waals surface area contributed by atoms with E-state index in [-0.39, 0.29) is 32.1 Å². The van der Waals surface area contributed by atoms with Crippen LogP contribution in [0.15, 0.2) is 36.4 Å². The fourth-order valence-electron chi connectivity index (χ4n) is 6.06. The van der Waals surface area contributed by atoms with Crippen LogP contribution in [0, 0.1) is 18.8 Å². The Balaban J connectivity index is 1.40. The van der Waals surface area contributed by atoms with Crippen molar-refractivity contribution in [1.82, 2.24) is 4.90 Å². The summed E-state index contributed by atoms with van der Waals surface area (Å²) in [4.78, 5) is 53.4. The van der Waals surface area contributed by atoms with Crippen LogP contribution in [0.3, 0.4) is 0 Å². The summed E-state index contributed by atoms with van der Waals surface area (Å²) in [7, 11) is 0. The molecule has 10 heteroatoms. The second-order valence-corrected chi connectivity index (χ2v) is 9.57. The lowest BCUT2D eigenvalue weighted by molar-refractivity contribution is -0.734. The average Bonchev–Trinajstić information content (AvgIpc) is 3.55. The number of ether oxygens (including phenoxy) is 2. The molecule has 180 valence electrons. The molecule has 2 aromatic carbocycles. The van der Waals surface area contributed by atoms with Crippen LogP contribution in [0.4, 0.5) is 5.69 Å². The number of benzene rings is 2. The van der Waals surface area contributed by atoms with Crippen LogP contribution in [0.25, 0.3) is 0 Å². The Hall–Kier alpha value is -3.92. The van der Waals surface area contributed by atoms with Gasteiger partial charge >= 0.3 is 0 Å². The van der Waals surface area contributed by atoms with Crippen LogP contribution < -0.4 is 25.2 Å². The van der Waals surface area contributed by atoms with Crippen molar-refractivity contribution in [2.75, 3.05) is 12.1 Å². The SMILES string of the molecule is Cc1ccc2c(c1)[C@]1([NH2+][C@H](CCC(=O)[O-])[C@H]3C(=O)N(Cc4ccc5c(c4)OCO5)C(=O)[C@H]31)C(=O)N2. The highest BCUT2D eigenvalue weighted by molar-refractivity contribution is 6.13. The van der Waals surface area contributed by atoms with E-state index in [2.05, 4.69) is 5.32 Å². The van der Waals surface area contributed by atoms with Gasteiger partial charge in [-0.1, -0.05) is 17.7 Å². The molecular weight excluding hydrogens is 454 g/mol. The normalized spacial score (nSPS) is 28.0. The van der Waals surface area contributed by atoms with E-state index in [0.29, 0.717) is 28.3 Å². The third-order valence-electron chi connectivity index (χ3n) is 7.58. The van der Waals surface area contributed by atoms with Crippen molar-refractivity contribution in [3.05, 3.63) is 53.1 Å². The number of imide groups is 1. The highest BCUT2D eigenvalue weighted by Crippen LogP contribution is 2.50. The first-order chi connectivity index (χ1) is 16.8. The Morgan fingerprint density at radius 3 is 2.74 bits per heavy atom. The number of nitrogens with one attached hydrogen (secondary N) is 1. The first-order valence-corrected chi connectivity index (χ1v) is 11.5. The number of aryl methyl sites for hydroxylation is 1. The number of nitrogens with zero attached hydrogens (tertiary/aromatic N) is 1. The number of aliphatic carboxylic acids is 1. The van der Waals surface area contributed by atoms with Gasteiger partial charge in [0.15, 0.2) is 11.5 Å². The van der Waals surface area contributed by atoms with Crippen molar-refractivity contribution >= 4 is 29.4 Å². The molecule has 3 amide bonds. The molecule has 2 fully saturated rings. The predicted molar refractivity (Wildman–Crippen MR) is 117 cm³/mol. The minimum atomic E-state index is -1.33. The molecule has 3 N–H and O–H groups in total. The van der Waals surface area contributed by atoms with Gasteiger partial charge in [-0.15, -0.1) is 0 Å². The van der Waals surface area contributed by atoms with Crippen LogP contribution >= 0.6 is 0 Å². The minimum absolute atomic E-state index is 0.0207. The third kappa shape index (κ3) is 3.06. The molecule has 35 heavy (non-hydrogen) atoms. The molecule has 6 rings (SSSR count). The van der Waals surface area contributed by atoms with Crippen LogP contribution in [-0.2, 0) is 31.3 Å². The number of carbonyl (C=O) groups is 4. The molecule has 4 atom stereocenters. The van der Waals surface area contributed by atoms with Gasteiger partial charge in [0.1, 0.15) is 17.9 Å². The van der Waals surface area contributed by atoms with Gasteiger partial charge in [-0.2, -0.15) is 0 Å². The van der Waals surface area contributed by atoms with Gasteiger partial charge in [-0.3, -0.25) is 19.3 Å². The van der Waals surface area contributed by atoms with E-state index in [0.717, 1.165) is 5.56 Å². The van der Waals surface area contributed by atoms with Crippen molar-refractivity contribution in [2.45, 2.75) is 37.9 Å². The first-order valence-electron chi connectivity index (χ1n) is 11.5. The van der Waals surface area contributed by atoms with E-state index in [1.54, 1.807) is 29.6 Å². The van der Waals surface area contributed by atoms with E-state index in [1.807, 2.05) is 19.1 Å². The molecular formula is C25H23N3O7. The second-order valence-electron chi connectivity index (χ2n) is 9.57. The molecule has 4 aliphatic rings. The third-order valence-corrected chi connectivity index (χ3v) is 7.58. The summed E-state index contributed by atoms with van der Waals surface area (Å²) in [5.41, 5.74) is 1.52. The zero-order valence-electron chi connectivity index (χ0n) is 18.9. The summed E-state index contributed by atoms with van der Waals surface area (Å²) >= 11 is 0. The molecule has 0 saturated carbocycles. The van der Waals surface area contributed by atoms with Crippen molar-refractivity contribution in [3.8, 4) is 11.5 Å². The maximum Gasteiger partial charge on any atom is 0.291 e. The zero-order valence-corrected chi connectivity index (χ0v) is 18.9. The Kier molecular flexibility index (Phi) is 4.65. The van der Waals surface area contributed by atoms with E-state index in [9.17, 15) is 24.3 Å². The standard InChI is InChI=1S/C25H23N3O7/c1-12-2-4-15-14(8-12)25(24(33)26-15)21-20(16(27-25)5-7-19(29)30)22(31)28(23(21)32)10-13-3-6-17-18(9-13)35-11-34-17/h2-4,6,8-9,16,20-21,27H,5,7,10-11H2,1H3,(H,26,33)(H,29,30)/t16-,20-,21+,25-/m1/s1. The van der Waals surface area contributed by atoms with Gasteiger partial charge in [0.2, 0.25) is 24.1 Å². The number of hydrogen-bond donors (Lipinski definition) is 2. The number of fused-ring (bicyclic) bond motifs is 5. The minimum Gasteiger partial charge on any atom is -0.550 e. The van der Waals surface area contributed by atoms with Gasteiger partial charge in [0, 0.05) is 18.0 Å². The number of anilines is 1. The van der Waals surface area contributed by atoms with Crippen molar-refractivity contribution in [1.29, 1.82) is 0 Å². The van der Waals surface area contributed by atoms with E-state index < -0.39 is 41.2 Å². The lowest BCUT2D eigenvalue weighted by Gasteiger charge is -2.26. The summed E-state index contributed by atoms with van der Waals surface area (Å²) in [5, 5.41) is 15.8. The molecule has 0 aromatic heterocycles. The molecule has 0 aliphatic carbocycles. The predicted octanol–water partition coefficient (Wildman–Crippen LogP) is -0.852. The molecule has 0 bridgehead atoms. The molecule has 2 aromatic rings. The van der Waals surface area contributed by atoms with Crippen LogP contribution in [0.5, 0.6) is 11.5 Å². The second kappa shape index (κ2) is 7.54. The number of carbonyl (C=O) groups excluding carboxylic acids is 4. The molecule has 0 radical (unpaired) electrons. The van der Waals surface area contributed by atoms with Crippen molar-refractivity contribution in [3.63, 3.8) is 0 Å². The smallest absolute Gasteiger partial charge is 0.291 e. The summed E-state index contributed by atoms with van der Waals surface area (Å²) in [6, 6.07) is 10.2. The summed E-state index contributed by atoms with van der Waals surface area (Å²) in [5.74, 6) is -3.08. The highest BCUT2D eigenvalue weighted by atomic mass is 16.7. The zero-order chi connectivity index (χ0) is 24.5. The average molecular weight is 477 g/mol. The maximum absolute atomic E-state index is 13.8. The quantitative estimate of drug-likeness (QED) is 0.534. The van der Waals surface area contributed by atoms with Crippen LogP contribution in [0.2, 0.25) is 0 Å². The largest absolute Gasteiger partial charge is 0.550 e. The Morgan fingerprint density at radius 2 is 1.94 bits per heavy atom. The number of amides is 3. The van der Waals surface area contributed by atoms with Crippen LogP contribution in [0.1, 0.15) is 29.5 Å². The van der Waals surface area contributed by atoms with Gasteiger partial charge in [0.05, 0.1) is 12.2 Å². The number of quaternary nitrogens is 1. The lowest BCUT2D eigenvalue weighted by Crippen LogP contribution is -2.99. The Labute approximate surface area is 200 Å². The topological polar surface area (TPSA) is 142 Å². The Bertz CT molecular complexity index is 1310. The van der Waals surface area contributed by atoms with Crippen LogP contribution in [-0.4, -0.2) is 41.4 Å². The summed E-state index contributed by atoms with van der Waals surface area (Å²) in [6.45, 7) is 2.02. The fraction of sp³-hybridized carbons (Fsp3) is 0.360. The summed E-state index contributed by atoms with van der Waals surface area (Å²) < 4.78 is 10.7. The maximum atomic E-state index is 13.8. The molecule has 0 unspecified atom stereocenters. The number of rotatable bonds is 5. The van der Waals surface area contributed by atoms with Gasteiger partial charge in [-0.25, -0.2) is 0 Å². The number of likely N-dealkylation sites (tertiary alicyclic amines) is 1. The van der Waals surface area contributed by atoms with Crippen molar-refractivity contribution < 1.29 is 39.1 Å². The van der Waals surface area contributed by atoms with E-state index in [1.165, 1.54) is 4.90 Å². The van der Waals surface area contributed by atoms with Crippen molar-refractivity contribution in [2.24, 2.45) is 11.8 Å². The van der Waals surface area contributed by atoms with E-state index >= 15 is 0 Å². The molecule has 4 aliphatic heterocycles. The number of nitrogens with two attached hydrogens (primary N) is 1. The first kappa shape index (κ1) is 21.6. The molecule has 1 spiro atoms. The molecule has 2 saturated heterocycles. The number of carboxylic acids is 1. The van der Waals surface area contributed by atoms with E-state index in [4.69, 9.17) is 9.47 Å². The van der Waals surface area contributed by atoms with Gasteiger partial charge < -0.3 is 30.0 Å². The molecule has 10 nitrogen and oxygen atoms in total. The monoisotopic (exact) mass is 477 g/mol.